The second-order valence-electron chi connectivity index (χ2n) is 4.31. The number of hydrogen-bond donors (Lipinski definition) is 0. The van der Waals surface area contributed by atoms with E-state index >= 15 is 0 Å². The third kappa shape index (κ3) is 3.21. The maximum atomic E-state index is 11.2. The minimum Gasteiger partial charge on any atom is -0.381 e. The molecule has 1 aromatic heterocycles. The van der Waals surface area contributed by atoms with Gasteiger partial charge in [0.2, 0.25) is 9.05 Å². The standard InChI is InChI=1S/C10H16ClN3O3S/c1-2-14-10(8-3-5-17-6-4-8)9(12-13-14)7-18(11,15)16/h8H,2-7H2,1H3. The Morgan fingerprint density at radius 2 is 2.11 bits per heavy atom. The van der Waals surface area contributed by atoms with Crippen molar-refractivity contribution < 1.29 is 13.2 Å². The Kier molecular flexibility index (Phi) is 4.24. The normalized spacial score (nSPS) is 18.1. The summed E-state index contributed by atoms with van der Waals surface area (Å²) < 4.78 is 29.5. The molecule has 1 fully saturated rings. The average molecular weight is 294 g/mol. The zero-order valence-electron chi connectivity index (χ0n) is 10.2. The van der Waals surface area contributed by atoms with Crippen molar-refractivity contribution in [3.63, 3.8) is 0 Å². The summed E-state index contributed by atoms with van der Waals surface area (Å²) in [5.74, 6) is -0.0107. The molecule has 0 spiro atoms. The lowest BCUT2D eigenvalue weighted by atomic mass is 9.95. The van der Waals surface area contributed by atoms with E-state index < -0.39 is 9.05 Å². The Labute approximate surface area is 111 Å². The van der Waals surface area contributed by atoms with Crippen LogP contribution in [0.1, 0.15) is 37.1 Å². The zero-order valence-corrected chi connectivity index (χ0v) is 11.7. The lowest BCUT2D eigenvalue weighted by Gasteiger charge is -2.23. The van der Waals surface area contributed by atoms with Crippen LogP contribution < -0.4 is 0 Å². The highest BCUT2D eigenvalue weighted by Crippen LogP contribution is 2.29. The third-order valence-electron chi connectivity index (χ3n) is 3.06. The Bertz CT molecular complexity index is 508. The summed E-state index contributed by atoms with van der Waals surface area (Å²) in [6, 6.07) is 0. The number of rotatable bonds is 4. The lowest BCUT2D eigenvalue weighted by molar-refractivity contribution is 0.0834. The van der Waals surface area contributed by atoms with Crippen molar-refractivity contribution in [2.45, 2.75) is 38.0 Å². The van der Waals surface area contributed by atoms with Gasteiger partial charge in [0, 0.05) is 36.4 Å². The SMILES string of the molecule is CCn1nnc(CS(=O)(=O)Cl)c1C1CCOCC1. The van der Waals surface area contributed by atoms with Crippen molar-refractivity contribution >= 4 is 19.7 Å². The van der Waals surface area contributed by atoms with Gasteiger partial charge >= 0.3 is 0 Å². The van der Waals surface area contributed by atoms with Gasteiger partial charge in [0.05, 0.1) is 5.69 Å². The highest BCUT2D eigenvalue weighted by Gasteiger charge is 2.26. The monoisotopic (exact) mass is 293 g/mol. The topological polar surface area (TPSA) is 74.1 Å². The predicted octanol–water partition coefficient (Wildman–Crippen LogP) is 1.26. The molecule has 1 saturated heterocycles. The van der Waals surface area contributed by atoms with Crippen molar-refractivity contribution in [2.24, 2.45) is 0 Å². The molecule has 0 aromatic carbocycles. The smallest absolute Gasteiger partial charge is 0.238 e. The molecule has 0 radical (unpaired) electrons. The maximum absolute atomic E-state index is 11.2. The molecule has 2 heterocycles. The van der Waals surface area contributed by atoms with Gasteiger partial charge in [-0.25, -0.2) is 13.1 Å². The highest BCUT2D eigenvalue weighted by atomic mass is 35.7. The van der Waals surface area contributed by atoms with Crippen LogP contribution in [-0.4, -0.2) is 36.6 Å². The van der Waals surface area contributed by atoms with Crippen LogP contribution in [0.3, 0.4) is 0 Å². The van der Waals surface area contributed by atoms with Crippen LogP contribution in [0.4, 0.5) is 0 Å². The molecule has 0 atom stereocenters. The first kappa shape index (κ1) is 13.8. The summed E-state index contributed by atoms with van der Waals surface area (Å²) in [4.78, 5) is 0. The second kappa shape index (κ2) is 5.54. The van der Waals surface area contributed by atoms with Gasteiger partial charge in [0.1, 0.15) is 11.4 Å². The molecule has 1 aliphatic rings. The minimum absolute atomic E-state index is 0.252. The van der Waals surface area contributed by atoms with E-state index in [4.69, 9.17) is 15.4 Å². The van der Waals surface area contributed by atoms with Gasteiger partial charge in [-0.15, -0.1) is 5.10 Å². The Morgan fingerprint density at radius 1 is 1.44 bits per heavy atom. The van der Waals surface area contributed by atoms with E-state index in [2.05, 4.69) is 10.3 Å². The van der Waals surface area contributed by atoms with Crippen LogP contribution >= 0.6 is 10.7 Å². The number of aromatic nitrogens is 3. The molecule has 0 bridgehead atoms. The van der Waals surface area contributed by atoms with Gasteiger partial charge in [-0.05, 0) is 19.8 Å². The first-order chi connectivity index (χ1) is 8.51. The van der Waals surface area contributed by atoms with E-state index in [-0.39, 0.29) is 11.7 Å². The van der Waals surface area contributed by atoms with Crippen LogP contribution in [0.15, 0.2) is 0 Å². The molecular weight excluding hydrogens is 278 g/mol. The van der Waals surface area contributed by atoms with E-state index in [9.17, 15) is 8.42 Å². The molecule has 1 aliphatic heterocycles. The largest absolute Gasteiger partial charge is 0.381 e. The van der Waals surface area contributed by atoms with Crippen LogP contribution in [-0.2, 0) is 26.1 Å². The molecule has 8 heteroatoms. The van der Waals surface area contributed by atoms with E-state index in [0.29, 0.717) is 25.5 Å². The molecular formula is C10H16ClN3O3S. The zero-order chi connectivity index (χ0) is 13.2. The fraction of sp³-hybridized carbons (Fsp3) is 0.800. The fourth-order valence-electron chi connectivity index (χ4n) is 2.27. The van der Waals surface area contributed by atoms with E-state index in [0.717, 1.165) is 18.5 Å². The van der Waals surface area contributed by atoms with Crippen molar-refractivity contribution in [3.05, 3.63) is 11.4 Å². The Hall–Kier alpha value is -0.660. The first-order valence-electron chi connectivity index (χ1n) is 5.93. The molecule has 0 saturated carbocycles. The molecule has 2 rings (SSSR count). The van der Waals surface area contributed by atoms with Gasteiger partial charge < -0.3 is 4.74 Å². The van der Waals surface area contributed by atoms with E-state index in [1.54, 1.807) is 4.68 Å². The van der Waals surface area contributed by atoms with Crippen molar-refractivity contribution in [1.29, 1.82) is 0 Å². The Morgan fingerprint density at radius 3 is 2.67 bits per heavy atom. The molecule has 0 aliphatic carbocycles. The maximum Gasteiger partial charge on any atom is 0.238 e. The van der Waals surface area contributed by atoms with Gasteiger partial charge in [-0.2, -0.15) is 0 Å². The molecule has 6 nitrogen and oxygen atoms in total. The fourth-order valence-corrected chi connectivity index (χ4v) is 3.12. The molecule has 1 aromatic rings. The van der Waals surface area contributed by atoms with Crippen LogP contribution in [0.5, 0.6) is 0 Å². The number of hydrogen-bond acceptors (Lipinski definition) is 5. The van der Waals surface area contributed by atoms with Crippen LogP contribution in [0.2, 0.25) is 0 Å². The number of nitrogens with zero attached hydrogens (tertiary/aromatic N) is 3. The predicted molar refractivity (Wildman–Crippen MR) is 67.0 cm³/mol. The van der Waals surface area contributed by atoms with Gasteiger partial charge in [0.15, 0.2) is 0 Å². The van der Waals surface area contributed by atoms with E-state index in [1.807, 2.05) is 6.92 Å². The average Bonchev–Trinajstić information content (AvgIpc) is 2.70. The summed E-state index contributed by atoms with van der Waals surface area (Å²) in [5.41, 5.74) is 1.36. The lowest BCUT2D eigenvalue weighted by Crippen LogP contribution is -2.19. The summed E-state index contributed by atoms with van der Waals surface area (Å²) in [6.07, 6.45) is 1.73. The van der Waals surface area contributed by atoms with Crippen LogP contribution in [0.25, 0.3) is 0 Å². The van der Waals surface area contributed by atoms with Gasteiger partial charge in [-0.1, -0.05) is 5.21 Å². The highest BCUT2D eigenvalue weighted by molar-refractivity contribution is 8.13. The van der Waals surface area contributed by atoms with Crippen LogP contribution in [0, 0.1) is 0 Å². The number of halogens is 1. The summed E-state index contributed by atoms with van der Waals surface area (Å²) >= 11 is 0. The molecule has 0 N–H and O–H groups in total. The number of aryl methyl sites for hydroxylation is 1. The summed E-state index contributed by atoms with van der Waals surface area (Å²) in [5, 5.41) is 7.95. The number of ether oxygens (including phenoxy) is 1. The summed E-state index contributed by atoms with van der Waals surface area (Å²) in [7, 11) is 1.69. The van der Waals surface area contributed by atoms with E-state index in [1.165, 1.54) is 0 Å². The molecule has 18 heavy (non-hydrogen) atoms. The van der Waals surface area contributed by atoms with Crippen molar-refractivity contribution in [1.82, 2.24) is 15.0 Å². The van der Waals surface area contributed by atoms with Gasteiger partial charge in [-0.3, -0.25) is 0 Å². The molecule has 102 valence electrons. The second-order valence-corrected chi connectivity index (χ2v) is 7.08. The van der Waals surface area contributed by atoms with Crippen molar-refractivity contribution in [3.8, 4) is 0 Å². The third-order valence-corrected chi connectivity index (χ3v) is 4.01. The Balaban J connectivity index is 2.32. The quantitative estimate of drug-likeness (QED) is 0.781. The molecule has 0 unspecified atom stereocenters. The summed E-state index contributed by atoms with van der Waals surface area (Å²) in [6.45, 7) is 4.00. The van der Waals surface area contributed by atoms with Crippen molar-refractivity contribution in [2.75, 3.05) is 13.2 Å². The minimum atomic E-state index is -3.61. The van der Waals surface area contributed by atoms with Gasteiger partial charge in [0.25, 0.3) is 0 Å². The molecule has 0 amide bonds. The first-order valence-corrected chi connectivity index (χ1v) is 8.41.